The number of aliphatic hydroxyl groups is 1. The van der Waals surface area contributed by atoms with Gasteiger partial charge in [0.25, 0.3) is 11.7 Å². The molecular formula is C34H40N2O5. The Labute approximate surface area is 243 Å². The standard InChI is InChI=1S/C34H40N2O5/c1-7-40-28-18-17-24(22-27(28)34(2,3)4)31(37)29-30(36(33(39)32(29)38)20-12-19-35(5)6)23-13-11-16-26(21-23)41-25-14-9-8-10-15-25/h8-11,13-18,21-22,30,37H,7,12,19-20H2,1-6H3/b31-29+. The second-order valence-electron chi connectivity index (χ2n) is 11.5. The Balaban J connectivity index is 1.83. The number of hydrogen-bond donors (Lipinski definition) is 1. The molecule has 1 amide bonds. The molecule has 0 aliphatic carbocycles. The fourth-order valence-electron chi connectivity index (χ4n) is 5.09. The molecule has 3 aromatic carbocycles. The van der Waals surface area contributed by atoms with Crippen LogP contribution in [-0.2, 0) is 15.0 Å². The number of carbonyl (C=O) groups is 2. The van der Waals surface area contributed by atoms with Gasteiger partial charge in [0.05, 0.1) is 18.2 Å². The summed E-state index contributed by atoms with van der Waals surface area (Å²) in [6, 6.07) is 21.4. The predicted octanol–water partition coefficient (Wildman–Crippen LogP) is 6.55. The van der Waals surface area contributed by atoms with Gasteiger partial charge in [-0.1, -0.05) is 51.1 Å². The van der Waals surface area contributed by atoms with Crippen LogP contribution in [-0.4, -0.2) is 60.4 Å². The maximum Gasteiger partial charge on any atom is 0.295 e. The molecule has 1 N–H and O–H groups in total. The fraction of sp³-hybridized carbons (Fsp3) is 0.353. The first-order valence-corrected chi connectivity index (χ1v) is 14.0. The van der Waals surface area contributed by atoms with E-state index in [0.717, 1.165) is 17.9 Å². The van der Waals surface area contributed by atoms with E-state index in [1.54, 1.807) is 11.0 Å². The predicted molar refractivity (Wildman–Crippen MR) is 161 cm³/mol. The zero-order valence-corrected chi connectivity index (χ0v) is 24.8. The highest BCUT2D eigenvalue weighted by molar-refractivity contribution is 6.46. The monoisotopic (exact) mass is 556 g/mol. The molecule has 0 aromatic heterocycles. The third kappa shape index (κ3) is 6.80. The van der Waals surface area contributed by atoms with Gasteiger partial charge < -0.3 is 24.4 Å². The van der Waals surface area contributed by atoms with E-state index in [-0.39, 0.29) is 16.7 Å². The lowest BCUT2D eigenvalue weighted by Gasteiger charge is -2.26. The first-order valence-electron chi connectivity index (χ1n) is 14.0. The van der Waals surface area contributed by atoms with Crippen molar-refractivity contribution >= 4 is 17.4 Å². The highest BCUT2D eigenvalue weighted by atomic mass is 16.5. The lowest BCUT2D eigenvalue weighted by atomic mass is 9.84. The van der Waals surface area contributed by atoms with E-state index in [1.165, 1.54) is 0 Å². The molecule has 0 radical (unpaired) electrons. The number of rotatable bonds is 10. The summed E-state index contributed by atoms with van der Waals surface area (Å²) in [5.41, 5.74) is 1.85. The topological polar surface area (TPSA) is 79.3 Å². The van der Waals surface area contributed by atoms with Gasteiger partial charge in [-0.2, -0.15) is 0 Å². The number of ketones is 1. The number of likely N-dealkylation sites (tertiary alicyclic amines) is 1. The molecule has 1 aliphatic heterocycles. The van der Waals surface area contributed by atoms with Gasteiger partial charge in [-0.05, 0) is 87.4 Å². The maximum atomic E-state index is 13.6. The Morgan fingerprint density at radius 3 is 2.32 bits per heavy atom. The number of ether oxygens (including phenoxy) is 2. The summed E-state index contributed by atoms with van der Waals surface area (Å²) in [6.07, 6.45) is 0.675. The summed E-state index contributed by atoms with van der Waals surface area (Å²) < 4.78 is 11.9. The summed E-state index contributed by atoms with van der Waals surface area (Å²) in [7, 11) is 3.93. The van der Waals surface area contributed by atoms with Gasteiger partial charge in [-0.3, -0.25) is 9.59 Å². The minimum atomic E-state index is -0.763. The molecule has 1 fully saturated rings. The minimum absolute atomic E-state index is 0.0701. The Hall–Kier alpha value is -4.10. The fourth-order valence-corrected chi connectivity index (χ4v) is 5.09. The molecule has 7 nitrogen and oxygen atoms in total. The quantitative estimate of drug-likeness (QED) is 0.173. The van der Waals surface area contributed by atoms with E-state index in [2.05, 4.69) is 20.8 Å². The average Bonchev–Trinajstić information content (AvgIpc) is 3.18. The molecule has 41 heavy (non-hydrogen) atoms. The van der Waals surface area contributed by atoms with Gasteiger partial charge in [0, 0.05) is 17.7 Å². The van der Waals surface area contributed by atoms with Crippen LogP contribution >= 0.6 is 0 Å². The van der Waals surface area contributed by atoms with Gasteiger partial charge >= 0.3 is 0 Å². The number of amides is 1. The lowest BCUT2D eigenvalue weighted by Crippen LogP contribution is -2.32. The molecule has 7 heteroatoms. The van der Waals surface area contributed by atoms with Crippen LogP contribution in [0.25, 0.3) is 5.76 Å². The Morgan fingerprint density at radius 2 is 1.66 bits per heavy atom. The van der Waals surface area contributed by atoms with E-state index in [0.29, 0.717) is 42.2 Å². The van der Waals surface area contributed by atoms with Crippen molar-refractivity contribution in [1.29, 1.82) is 0 Å². The van der Waals surface area contributed by atoms with Crippen LogP contribution in [0.1, 0.15) is 56.8 Å². The van der Waals surface area contributed by atoms with Gasteiger partial charge in [-0.15, -0.1) is 0 Å². The molecule has 4 rings (SSSR count). The van der Waals surface area contributed by atoms with Crippen molar-refractivity contribution in [3.05, 3.63) is 95.1 Å². The second-order valence-corrected chi connectivity index (χ2v) is 11.5. The molecule has 0 saturated carbocycles. The molecule has 216 valence electrons. The molecule has 1 saturated heterocycles. The number of benzene rings is 3. The molecule has 3 aromatic rings. The van der Waals surface area contributed by atoms with E-state index in [9.17, 15) is 14.7 Å². The van der Waals surface area contributed by atoms with E-state index in [1.807, 2.05) is 92.6 Å². The van der Waals surface area contributed by atoms with Crippen LogP contribution in [0.5, 0.6) is 17.2 Å². The van der Waals surface area contributed by atoms with E-state index >= 15 is 0 Å². The summed E-state index contributed by atoms with van der Waals surface area (Å²) in [5.74, 6) is 0.455. The van der Waals surface area contributed by atoms with E-state index < -0.39 is 17.7 Å². The first kappa shape index (κ1) is 29.9. The Bertz CT molecular complexity index is 1420. The van der Waals surface area contributed by atoms with Crippen LogP contribution in [0.4, 0.5) is 0 Å². The number of Topliss-reactive ketones (excluding diaryl/α,β-unsaturated/α-hetero) is 1. The maximum absolute atomic E-state index is 13.6. The number of aliphatic hydroxyl groups excluding tert-OH is 1. The number of hydrogen-bond acceptors (Lipinski definition) is 6. The highest BCUT2D eigenvalue weighted by Crippen LogP contribution is 2.42. The third-order valence-electron chi connectivity index (χ3n) is 7.06. The summed E-state index contributed by atoms with van der Waals surface area (Å²) in [4.78, 5) is 30.6. The Kier molecular flexibility index (Phi) is 9.18. The van der Waals surface area contributed by atoms with Gasteiger partial charge in [-0.25, -0.2) is 0 Å². The van der Waals surface area contributed by atoms with Crippen LogP contribution < -0.4 is 9.47 Å². The van der Waals surface area contributed by atoms with Crippen molar-refractivity contribution in [1.82, 2.24) is 9.80 Å². The van der Waals surface area contributed by atoms with Crippen molar-refractivity contribution in [3.8, 4) is 17.2 Å². The van der Waals surface area contributed by atoms with E-state index in [4.69, 9.17) is 9.47 Å². The molecule has 1 unspecified atom stereocenters. The summed E-state index contributed by atoms with van der Waals surface area (Å²) in [6.45, 7) is 9.75. The van der Waals surface area contributed by atoms with Crippen molar-refractivity contribution < 1.29 is 24.2 Å². The van der Waals surface area contributed by atoms with Crippen LogP contribution in [0.2, 0.25) is 0 Å². The average molecular weight is 557 g/mol. The van der Waals surface area contributed by atoms with Crippen LogP contribution in [0.15, 0.2) is 78.4 Å². The lowest BCUT2D eigenvalue weighted by molar-refractivity contribution is -0.139. The second kappa shape index (κ2) is 12.6. The molecule has 1 heterocycles. The van der Waals surface area contributed by atoms with Crippen molar-refractivity contribution in [2.24, 2.45) is 0 Å². The highest BCUT2D eigenvalue weighted by Gasteiger charge is 2.46. The third-order valence-corrected chi connectivity index (χ3v) is 7.06. The van der Waals surface area contributed by atoms with Crippen molar-refractivity contribution in [3.63, 3.8) is 0 Å². The SMILES string of the molecule is CCOc1ccc(/C(O)=C2\C(=O)C(=O)N(CCCN(C)C)C2c2cccc(Oc3ccccc3)c2)cc1C(C)(C)C. The number of carbonyl (C=O) groups excluding carboxylic acids is 2. The van der Waals surface area contributed by atoms with Gasteiger partial charge in [0.1, 0.15) is 23.0 Å². The minimum Gasteiger partial charge on any atom is -0.507 e. The smallest absolute Gasteiger partial charge is 0.295 e. The normalized spacial score (nSPS) is 16.9. The van der Waals surface area contributed by atoms with Crippen LogP contribution in [0, 0.1) is 0 Å². The van der Waals surface area contributed by atoms with Gasteiger partial charge in [0.2, 0.25) is 0 Å². The molecular weight excluding hydrogens is 516 g/mol. The summed E-state index contributed by atoms with van der Waals surface area (Å²) in [5, 5.41) is 11.7. The molecule has 0 bridgehead atoms. The zero-order valence-electron chi connectivity index (χ0n) is 24.8. The molecule has 1 atom stereocenters. The van der Waals surface area contributed by atoms with Crippen molar-refractivity contribution in [2.75, 3.05) is 33.8 Å². The van der Waals surface area contributed by atoms with Crippen molar-refractivity contribution in [2.45, 2.75) is 45.6 Å². The number of nitrogens with zero attached hydrogens (tertiary/aromatic N) is 2. The molecule has 1 aliphatic rings. The van der Waals surface area contributed by atoms with Gasteiger partial charge in [0.15, 0.2) is 0 Å². The number of para-hydroxylation sites is 1. The zero-order chi connectivity index (χ0) is 29.7. The summed E-state index contributed by atoms with van der Waals surface area (Å²) >= 11 is 0. The first-order chi connectivity index (χ1) is 19.5. The largest absolute Gasteiger partial charge is 0.507 e. The molecule has 0 spiro atoms. The Morgan fingerprint density at radius 1 is 0.951 bits per heavy atom. The van der Waals surface area contributed by atoms with Crippen LogP contribution in [0.3, 0.4) is 0 Å².